The normalized spacial score (nSPS) is 15.2. The first-order valence-corrected chi connectivity index (χ1v) is 8.41. The Balaban J connectivity index is 1.50. The molecule has 0 spiro atoms. The molecule has 9 heteroatoms. The number of nitrogens with zero attached hydrogens (tertiary/aromatic N) is 3. The summed E-state index contributed by atoms with van der Waals surface area (Å²) in [6, 6.07) is 5.03. The average Bonchev–Trinajstić information content (AvgIpc) is 2.82. The highest BCUT2D eigenvalue weighted by Crippen LogP contribution is 2.31. The smallest absolute Gasteiger partial charge is 0.367 e. The van der Waals surface area contributed by atoms with E-state index >= 15 is 0 Å². The van der Waals surface area contributed by atoms with Gasteiger partial charge in [0.2, 0.25) is 5.91 Å². The zero-order valence-electron chi connectivity index (χ0n) is 13.3. The summed E-state index contributed by atoms with van der Waals surface area (Å²) in [5, 5.41) is 6.98. The average molecular weight is 417 g/mol. The summed E-state index contributed by atoms with van der Waals surface area (Å²) in [6.45, 7) is 1.15. The SMILES string of the molecule is Cn1ncc(Br)c1CC(=O)NC1CN(c2ccc(C(F)(F)F)cc2)C1. The zero-order chi connectivity index (χ0) is 18.2. The molecule has 1 N–H and O–H groups in total. The van der Waals surface area contributed by atoms with Crippen LogP contribution < -0.4 is 10.2 Å². The Morgan fingerprint density at radius 3 is 2.48 bits per heavy atom. The van der Waals surface area contributed by atoms with Crippen molar-refractivity contribution in [1.82, 2.24) is 15.1 Å². The number of anilines is 1. The molecule has 1 amide bonds. The molecule has 0 unspecified atom stereocenters. The van der Waals surface area contributed by atoms with Crippen molar-refractivity contribution < 1.29 is 18.0 Å². The van der Waals surface area contributed by atoms with Crippen LogP contribution in [0.1, 0.15) is 11.3 Å². The molecular formula is C16H16BrF3N4O. The molecule has 3 rings (SSSR count). The number of carbonyl (C=O) groups excluding carboxylic acids is 1. The van der Waals surface area contributed by atoms with Crippen LogP contribution in [0.2, 0.25) is 0 Å². The van der Waals surface area contributed by atoms with Crippen LogP contribution in [0, 0.1) is 0 Å². The predicted octanol–water partition coefficient (Wildman–Crippen LogP) is 2.75. The molecule has 2 aromatic rings. The number of amides is 1. The number of aryl methyl sites for hydroxylation is 1. The zero-order valence-corrected chi connectivity index (χ0v) is 14.9. The number of hydrogen-bond acceptors (Lipinski definition) is 3. The van der Waals surface area contributed by atoms with Crippen molar-refractivity contribution in [1.29, 1.82) is 0 Å². The van der Waals surface area contributed by atoms with Gasteiger partial charge in [-0.3, -0.25) is 9.48 Å². The second kappa shape index (κ2) is 6.70. The highest BCUT2D eigenvalue weighted by molar-refractivity contribution is 9.10. The summed E-state index contributed by atoms with van der Waals surface area (Å²) in [7, 11) is 1.77. The van der Waals surface area contributed by atoms with E-state index in [4.69, 9.17) is 0 Å². The summed E-state index contributed by atoms with van der Waals surface area (Å²) in [5.74, 6) is -0.110. The second-order valence-corrected chi connectivity index (χ2v) is 6.81. The summed E-state index contributed by atoms with van der Waals surface area (Å²) < 4.78 is 40.1. The number of benzene rings is 1. The minimum absolute atomic E-state index is 0.0122. The Morgan fingerprint density at radius 1 is 1.32 bits per heavy atom. The molecule has 25 heavy (non-hydrogen) atoms. The van der Waals surface area contributed by atoms with Crippen molar-refractivity contribution in [2.45, 2.75) is 18.6 Å². The van der Waals surface area contributed by atoms with Gasteiger partial charge in [-0.15, -0.1) is 0 Å². The summed E-state index contributed by atoms with van der Waals surface area (Å²) in [5.41, 5.74) is 0.840. The Morgan fingerprint density at radius 2 is 1.96 bits per heavy atom. The van der Waals surface area contributed by atoms with E-state index in [9.17, 15) is 18.0 Å². The third kappa shape index (κ3) is 3.97. The van der Waals surface area contributed by atoms with E-state index in [1.807, 2.05) is 4.90 Å². The van der Waals surface area contributed by atoms with Crippen molar-refractivity contribution in [3.63, 3.8) is 0 Å². The highest BCUT2D eigenvalue weighted by atomic mass is 79.9. The Bertz CT molecular complexity index is 747. The number of hydrogen-bond donors (Lipinski definition) is 1. The Hall–Kier alpha value is -2.03. The van der Waals surface area contributed by atoms with Gasteiger partial charge in [-0.05, 0) is 40.2 Å². The van der Waals surface area contributed by atoms with Crippen LogP contribution in [0.5, 0.6) is 0 Å². The topological polar surface area (TPSA) is 50.2 Å². The molecule has 1 aromatic carbocycles. The van der Waals surface area contributed by atoms with Gasteiger partial charge in [-0.2, -0.15) is 18.3 Å². The first-order valence-electron chi connectivity index (χ1n) is 7.62. The summed E-state index contributed by atoms with van der Waals surface area (Å²) in [6.07, 6.45) is -2.48. The van der Waals surface area contributed by atoms with E-state index in [-0.39, 0.29) is 18.4 Å². The molecule has 0 aliphatic carbocycles. The number of rotatable bonds is 4. The lowest BCUT2D eigenvalue weighted by Gasteiger charge is -2.41. The molecule has 134 valence electrons. The third-order valence-corrected chi connectivity index (χ3v) is 4.81. The third-order valence-electron chi connectivity index (χ3n) is 4.15. The van der Waals surface area contributed by atoms with Crippen molar-refractivity contribution >= 4 is 27.5 Å². The van der Waals surface area contributed by atoms with Crippen LogP contribution in [0.4, 0.5) is 18.9 Å². The number of nitrogens with one attached hydrogen (secondary N) is 1. The van der Waals surface area contributed by atoms with E-state index in [2.05, 4.69) is 26.3 Å². The lowest BCUT2D eigenvalue weighted by Crippen LogP contribution is -2.59. The molecule has 0 atom stereocenters. The standard InChI is InChI=1S/C16H16BrF3N4O/c1-23-14(13(17)7-21-23)6-15(25)22-11-8-24(9-11)12-4-2-10(3-5-12)16(18,19)20/h2-5,7,11H,6,8-9H2,1H3,(H,22,25). The number of aromatic nitrogens is 2. The second-order valence-electron chi connectivity index (χ2n) is 5.95. The first kappa shape index (κ1) is 17.8. The van der Waals surface area contributed by atoms with Crippen LogP contribution in [-0.2, 0) is 24.4 Å². The van der Waals surface area contributed by atoms with E-state index in [0.717, 1.165) is 22.3 Å². The van der Waals surface area contributed by atoms with Gasteiger partial charge in [0.15, 0.2) is 0 Å². The van der Waals surface area contributed by atoms with Crippen LogP contribution in [0.25, 0.3) is 0 Å². The van der Waals surface area contributed by atoms with Gasteiger partial charge in [0.1, 0.15) is 0 Å². The summed E-state index contributed by atoms with van der Waals surface area (Å²) >= 11 is 3.35. The molecule has 1 fully saturated rings. The molecule has 0 radical (unpaired) electrons. The molecule has 5 nitrogen and oxygen atoms in total. The quantitative estimate of drug-likeness (QED) is 0.833. The first-order chi connectivity index (χ1) is 11.7. The van der Waals surface area contributed by atoms with Gasteiger partial charge in [0, 0.05) is 25.8 Å². The predicted molar refractivity (Wildman–Crippen MR) is 90.2 cm³/mol. The van der Waals surface area contributed by atoms with E-state index in [0.29, 0.717) is 18.8 Å². The fraction of sp³-hybridized carbons (Fsp3) is 0.375. The molecular weight excluding hydrogens is 401 g/mol. The molecule has 1 aliphatic rings. The van der Waals surface area contributed by atoms with E-state index < -0.39 is 11.7 Å². The fourth-order valence-electron chi connectivity index (χ4n) is 2.71. The van der Waals surface area contributed by atoms with Gasteiger partial charge < -0.3 is 10.2 Å². The molecule has 2 heterocycles. The van der Waals surface area contributed by atoms with Crippen molar-refractivity contribution in [3.8, 4) is 0 Å². The Labute approximate surface area is 150 Å². The van der Waals surface area contributed by atoms with Crippen molar-refractivity contribution in [3.05, 3.63) is 46.2 Å². The maximum absolute atomic E-state index is 12.6. The van der Waals surface area contributed by atoms with Crippen molar-refractivity contribution in [2.75, 3.05) is 18.0 Å². The Kier molecular flexibility index (Phi) is 4.77. The van der Waals surface area contributed by atoms with E-state index in [1.165, 1.54) is 12.1 Å². The number of carbonyl (C=O) groups is 1. The minimum Gasteiger partial charge on any atom is -0.367 e. The van der Waals surface area contributed by atoms with Crippen LogP contribution in [0.3, 0.4) is 0 Å². The minimum atomic E-state index is -4.33. The molecule has 1 saturated heterocycles. The van der Waals surface area contributed by atoms with Gasteiger partial charge in [-0.1, -0.05) is 0 Å². The fourth-order valence-corrected chi connectivity index (χ4v) is 3.20. The molecule has 0 saturated carbocycles. The monoisotopic (exact) mass is 416 g/mol. The molecule has 0 bridgehead atoms. The largest absolute Gasteiger partial charge is 0.416 e. The molecule has 1 aromatic heterocycles. The van der Waals surface area contributed by atoms with E-state index in [1.54, 1.807) is 17.9 Å². The molecule has 1 aliphatic heterocycles. The highest BCUT2D eigenvalue weighted by Gasteiger charge is 2.32. The van der Waals surface area contributed by atoms with Crippen LogP contribution in [0.15, 0.2) is 34.9 Å². The maximum atomic E-state index is 12.6. The van der Waals surface area contributed by atoms with Gasteiger partial charge in [0.25, 0.3) is 0 Å². The lowest BCUT2D eigenvalue weighted by atomic mass is 10.1. The summed E-state index contributed by atoms with van der Waals surface area (Å²) in [4.78, 5) is 14.0. The van der Waals surface area contributed by atoms with Gasteiger partial charge in [0.05, 0.1) is 34.4 Å². The van der Waals surface area contributed by atoms with Crippen LogP contribution >= 0.6 is 15.9 Å². The van der Waals surface area contributed by atoms with Gasteiger partial charge in [-0.25, -0.2) is 0 Å². The van der Waals surface area contributed by atoms with Gasteiger partial charge >= 0.3 is 6.18 Å². The number of halogens is 4. The van der Waals surface area contributed by atoms with Crippen molar-refractivity contribution in [2.24, 2.45) is 7.05 Å². The number of alkyl halides is 3. The lowest BCUT2D eigenvalue weighted by molar-refractivity contribution is -0.137. The van der Waals surface area contributed by atoms with Crippen LogP contribution in [-0.4, -0.2) is 34.8 Å². The maximum Gasteiger partial charge on any atom is 0.416 e.